The van der Waals surface area contributed by atoms with Gasteiger partial charge in [0, 0.05) is 13.6 Å². The lowest BCUT2D eigenvalue weighted by atomic mass is 10.2. The maximum atomic E-state index is 12.3. The fourth-order valence-electron chi connectivity index (χ4n) is 2.62. The Morgan fingerprint density at radius 2 is 2.19 bits per heavy atom. The summed E-state index contributed by atoms with van der Waals surface area (Å²) in [6, 6.07) is 6.64. The number of phenols is 1. The molecule has 0 amide bonds. The minimum Gasteiger partial charge on any atom is -0.508 e. The van der Waals surface area contributed by atoms with Gasteiger partial charge in [0.25, 0.3) is 5.56 Å². The van der Waals surface area contributed by atoms with Crippen molar-refractivity contribution < 1.29 is 5.11 Å². The topological polar surface area (TPSA) is 117 Å². The smallest absolute Gasteiger partial charge is 0.329 e. The molecule has 3 rings (SSSR count). The number of aromatic hydroxyl groups is 1. The summed E-state index contributed by atoms with van der Waals surface area (Å²) in [5.74, 6) is 0.516. The summed E-state index contributed by atoms with van der Waals surface area (Å²) in [4.78, 5) is 30.7. The highest BCUT2D eigenvalue weighted by Gasteiger charge is 2.16. The van der Waals surface area contributed by atoms with E-state index < -0.39 is 11.2 Å². The van der Waals surface area contributed by atoms with Gasteiger partial charge < -0.3 is 9.67 Å². The zero-order valence-corrected chi connectivity index (χ0v) is 14.6. The Kier molecular flexibility index (Phi) is 4.87. The molecular weight excluding hydrogens is 336 g/mol. The molecule has 0 unspecified atom stereocenters. The SMILES string of the molecule is CCCCn1c(NN=Cc2cccc(O)c2)nc2c1c(=O)[nH]c(=O)n2C. The van der Waals surface area contributed by atoms with Crippen molar-refractivity contribution in [3.05, 3.63) is 50.7 Å². The first-order chi connectivity index (χ1) is 12.5. The van der Waals surface area contributed by atoms with Crippen molar-refractivity contribution in [2.45, 2.75) is 26.3 Å². The monoisotopic (exact) mass is 356 g/mol. The molecule has 2 heterocycles. The normalized spacial score (nSPS) is 11.5. The molecule has 2 aromatic heterocycles. The van der Waals surface area contributed by atoms with E-state index in [1.54, 1.807) is 35.9 Å². The van der Waals surface area contributed by atoms with Gasteiger partial charge in [-0.15, -0.1) is 0 Å². The van der Waals surface area contributed by atoms with Crippen LogP contribution in [0.4, 0.5) is 5.95 Å². The maximum absolute atomic E-state index is 12.3. The molecule has 3 aromatic rings. The minimum absolute atomic E-state index is 0.144. The van der Waals surface area contributed by atoms with Crippen LogP contribution >= 0.6 is 0 Å². The predicted octanol–water partition coefficient (Wildman–Crippen LogP) is 1.37. The van der Waals surface area contributed by atoms with Gasteiger partial charge in [-0.2, -0.15) is 10.1 Å². The van der Waals surface area contributed by atoms with Gasteiger partial charge in [0.1, 0.15) is 5.75 Å². The zero-order chi connectivity index (χ0) is 18.7. The van der Waals surface area contributed by atoms with E-state index >= 15 is 0 Å². The Balaban J connectivity index is 2.01. The van der Waals surface area contributed by atoms with Crippen LogP contribution in [-0.2, 0) is 13.6 Å². The Labute approximate surface area is 148 Å². The lowest BCUT2D eigenvalue weighted by Crippen LogP contribution is -2.29. The number of benzene rings is 1. The van der Waals surface area contributed by atoms with Crippen LogP contribution in [0.3, 0.4) is 0 Å². The number of hydrazone groups is 1. The van der Waals surface area contributed by atoms with E-state index in [1.165, 1.54) is 10.8 Å². The third-order valence-electron chi connectivity index (χ3n) is 3.99. The maximum Gasteiger partial charge on any atom is 0.329 e. The third kappa shape index (κ3) is 3.37. The summed E-state index contributed by atoms with van der Waals surface area (Å²) in [5, 5.41) is 13.6. The van der Waals surface area contributed by atoms with Crippen molar-refractivity contribution in [1.82, 2.24) is 19.1 Å². The van der Waals surface area contributed by atoms with Gasteiger partial charge >= 0.3 is 5.69 Å². The molecule has 0 radical (unpaired) electrons. The number of fused-ring (bicyclic) bond motifs is 1. The molecule has 0 aliphatic heterocycles. The summed E-state index contributed by atoms with van der Waals surface area (Å²) in [6.07, 6.45) is 3.32. The summed E-state index contributed by atoms with van der Waals surface area (Å²) in [7, 11) is 1.55. The van der Waals surface area contributed by atoms with Gasteiger partial charge in [0.2, 0.25) is 5.95 Å². The van der Waals surface area contributed by atoms with Gasteiger partial charge in [-0.25, -0.2) is 10.2 Å². The number of H-pyrrole nitrogens is 1. The summed E-state index contributed by atoms with van der Waals surface area (Å²) in [5.41, 5.74) is 3.17. The van der Waals surface area contributed by atoms with Crippen LogP contribution in [0.25, 0.3) is 11.2 Å². The Morgan fingerprint density at radius 1 is 1.38 bits per heavy atom. The van der Waals surface area contributed by atoms with E-state index in [1.807, 2.05) is 6.92 Å². The molecule has 9 nitrogen and oxygen atoms in total. The zero-order valence-electron chi connectivity index (χ0n) is 14.6. The number of phenolic OH excluding ortho intramolecular Hbond substituents is 1. The Morgan fingerprint density at radius 3 is 2.92 bits per heavy atom. The van der Waals surface area contributed by atoms with Gasteiger partial charge in [0.15, 0.2) is 11.2 Å². The lowest BCUT2D eigenvalue weighted by Gasteiger charge is -2.06. The molecule has 0 fully saturated rings. The highest BCUT2D eigenvalue weighted by atomic mass is 16.3. The van der Waals surface area contributed by atoms with E-state index in [0.717, 1.165) is 12.8 Å². The second-order valence-corrected chi connectivity index (χ2v) is 5.90. The van der Waals surface area contributed by atoms with Crippen LogP contribution in [0.5, 0.6) is 5.75 Å². The molecule has 9 heteroatoms. The average molecular weight is 356 g/mol. The van der Waals surface area contributed by atoms with Crippen molar-refractivity contribution in [2.24, 2.45) is 12.1 Å². The number of hydrogen-bond donors (Lipinski definition) is 3. The number of rotatable bonds is 6. The standard InChI is InChI=1S/C17H20N6O3/c1-3-4-8-23-13-14(22(2)17(26)20-15(13)25)19-16(23)21-18-10-11-6-5-7-12(24)9-11/h5-7,9-10,24H,3-4,8H2,1-2H3,(H,19,21)(H,20,25,26). The molecule has 0 atom stereocenters. The van der Waals surface area contributed by atoms with Gasteiger partial charge in [-0.3, -0.25) is 14.3 Å². The van der Waals surface area contributed by atoms with Gasteiger partial charge in [0.05, 0.1) is 6.21 Å². The number of aromatic nitrogens is 4. The van der Waals surface area contributed by atoms with E-state index in [2.05, 4.69) is 20.5 Å². The number of hydrogen-bond acceptors (Lipinski definition) is 6. The van der Waals surface area contributed by atoms with Crippen molar-refractivity contribution in [2.75, 3.05) is 5.43 Å². The van der Waals surface area contributed by atoms with Crippen molar-refractivity contribution >= 4 is 23.3 Å². The molecule has 0 saturated heterocycles. The molecule has 0 aliphatic rings. The molecule has 0 aliphatic carbocycles. The number of anilines is 1. The largest absolute Gasteiger partial charge is 0.508 e. The number of aryl methyl sites for hydroxylation is 2. The van der Waals surface area contributed by atoms with E-state index in [4.69, 9.17) is 0 Å². The van der Waals surface area contributed by atoms with Crippen LogP contribution in [-0.4, -0.2) is 30.4 Å². The second kappa shape index (κ2) is 7.26. The first-order valence-electron chi connectivity index (χ1n) is 8.29. The average Bonchev–Trinajstić information content (AvgIpc) is 2.97. The molecule has 136 valence electrons. The fraction of sp³-hybridized carbons (Fsp3) is 0.294. The Bertz CT molecular complexity index is 1080. The van der Waals surface area contributed by atoms with Crippen LogP contribution in [0.2, 0.25) is 0 Å². The van der Waals surface area contributed by atoms with E-state index in [0.29, 0.717) is 29.2 Å². The van der Waals surface area contributed by atoms with Crippen molar-refractivity contribution in [1.29, 1.82) is 0 Å². The lowest BCUT2D eigenvalue weighted by molar-refractivity contribution is 0.475. The number of unbranched alkanes of at least 4 members (excludes halogenated alkanes) is 1. The highest BCUT2D eigenvalue weighted by molar-refractivity contribution is 5.81. The Hall–Kier alpha value is -3.36. The second-order valence-electron chi connectivity index (χ2n) is 5.90. The van der Waals surface area contributed by atoms with Gasteiger partial charge in [-0.05, 0) is 24.1 Å². The number of nitrogens with zero attached hydrogens (tertiary/aromatic N) is 4. The molecule has 3 N–H and O–H groups in total. The fourth-order valence-corrected chi connectivity index (χ4v) is 2.62. The number of aromatic amines is 1. The minimum atomic E-state index is -0.516. The van der Waals surface area contributed by atoms with Crippen LogP contribution in [0.1, 0.15) is 25.3 Å². The third-order valence-corrected chi connectivity index (χ3v) is 3.99. The van der Waals surface area contributed by atoms with Crippen LogP contribution in [0, 0.1) is 0 Å². The summed E-state index contributed by atoms with van der Waals surface area (Å²) in [6.45, 7) is 2.62. The van der Waals surface area contributed by atoms with Crippen LogP contribution in [0.15, 0.2) is 39.0 Å². The predicted molar refractivity (Wildman–Crippen MR) is 99.8 cm³/mol. The molecular formula is C17H20N6O3. The molecule has 26 heavy (non-hydrogen) atoms. The molecule has 0 bridgehead atoms. The number of nitrogens with one attached hydrogen (secondary N) is 2. The van der Waals surface area contributed by atoms with Gasteiger partial charge in [-0.1, -0.05) is 25.5 Å². The van der Waals surface area contributed by atoms with Crippen molar-refractivity contribution in [3.63, 3.8) is 0 Å². The highest BCUT2D eigenvalue weighted by Crippen LogP contribution is 2.16. The summed E-state index contributed by atoms with van der Waals surface area (Å²) >= 11 is 0. The molecule has 1 aromatic carbocycles. The molecule has 0 spiro atoms. The quantitative estimate of drug-likeness (QED) is 0.455. The first kappa shape index (κ1) is 17.5. The first-order valence-corrected chi connectivity index (χ1v) is 8.29. The molecule has 0 saturated carbocycles. The summed E-state index contributed by atoms with van der Waals surface area (Å²) < 4.78 is 3.01. The van der Waals surface area contributed by atoms with Crippen LogP contribution < -0.4 is 16.7 Å². The van der Waals surface area contributed by atoms with Crippen molar-refractivity contribution in [3.8, 4) is 5.75 Å². The van der Waals surface area contributed by atoms with E-state index in [9.17, 15) is 14.7 Å². The van der Waals surface area contributed by atoms with E-state index in [-0.39, 0.29) is 5.75 Å². The number of imidazole rings is 1.